The van der Waals surface area contributed by atoms with Crippen LogP contribution in [0.3, 0.4) is 0 Å². The summed E-state index contributed by atoms with van der Waals surface area (Å²) < 4.78 is 22.6. The minimum Gasteiger partial charge on any atom is -0.324 e. The highest BCUT2D eigenvalue weighted by Crippen LogP contribution is 2.22. The van der Waals surface area contributed by atoms with E-state index in [4.69, 9.17) is 5.14 Å². The van der Waals surface area contributed by atoms with Crippen LogP contribution in [0, 0.1) is 0 Å². The Labute approximate surface area is 156 Å². The van der Waals surface area contributed by atoms with Crippen molar-refractivity contribution in [3.05, 3.63) is 73.1 Å². The molecule has 7 nitrogen and oxygen atoms in total. The topological polar surface area (TPSA) is 111 Å². The van der Waals surface area contributed by atoms with Gasteiger partial charge in [-0.2, -0.15) is 0 Å². The van der Waals surface area contributed by atoms with Gasteiger partial charge in [-0.15, -0.1) is 0 Å². The standard InChI is InChI=1S/C19H15N5O2S/c20-27(25,26)16-7-5-15(6-8-16)23-19-21-10-9-18(24-19)14-11-13-3-1-2-4-17(13)22-12-14/h1-12H,(H2,20,25,26)(H,21,23,24). The van der Waals surface area contributed by atoms with Crippen molar-refractivity contribution in [2.24, 2.45) is 5.14 Å². The van der Waals surface area contributed by atoms with E-state index >= 15 is 0 Å². The Morgan fingerprint density at radius 1 is 0.926 bits per heavy atom. The Morgan fingerprint density at radius 3 is 2.48 bits per heavy atom. The first-order chi connectivity index (χ1) is 13.0. The number of benzene rings is 2. The molecule has 27 heavy (non-hydrogen) atoms. The maximum absolute atomic E-state index is 11.3. The van der Waals surface area contributed by atoms with Crippen molar-refractivity contribution in [3.63, 3.8) is 0 Å². The molecular formula is C19H15N5O2S. The van der Waals surface area contributed by atoms with E-state index in [1.54, 1.807) is 30.6 Å². The Kier molecular flexibility index (Phi) is 4.27. The van der Waals surface area contributed by atoms with Crippen LogP contribution in [-0.4, -0.2) is 23.4 Å². The number of sulfonamides is 1. The van der Waals surface area contributed by atoms with Crippen molar-refractivity contribution in [3.8, 4) is 11.3 Å². The molecule has 2 aromatic heterocycles. The van der Waals surface area contributed by atoms with Gasteiger partial charge in [0.05, 0.1) is 16.1 Å². The van der Waals surface area contributed by atoms with Gasteiger partial charge in [0, 0.05) is 29.0 Å². The van der Waals surface area contributed by atoms with Gasteiger partial charge in [-0.05, 0) is 42.5 Å². The smallest absolute Gasteiger partial charge is 0.238 e. The largest absolute Gasteiger partial charge is 0.324 e. The van der Waals surface area contributed by atoms with Gasteiger partial charge >= 0.3 is 0 Å². The third kappa shape index (κ3) is 3.76. The van der Waals surface area contributed by atoms with Crippen LogP contribution in [-0.2, 0) is 10.0 Å². The molecule has 0 aliphatic carbocycles. The molecular weight excluding hydrogens is 362 g/mol. The summed E-state index contributed by atoms with van der Waals surface area (Å²) in [6, 6.07) is 17.8. The maximum Gasteiger partial charge on any atom is 0.238 e. The first-order valence-electron chi connectivity index (χ1n) is 8.07. The second kappa shape index (κ2) is 6.75. The molecule has 4 rings (SSSR count). The molecule has 0 fully saturated rings. The summed E-state index contributed by atoms with van der Waals surface area (Å²) in [6.07, 6.45) is 3.42. The number of fused-ring (bicyclic) bond motifs is 1. The summed E-state index contributed by atoms with van der Waals surface area (Å²) in [5, 5.41) is 9.19. The first-order valence-corrected chi connectivity index (χ1v) is 9.62. The molecule has 0 unspecified atom stereocenters. The van der Waals surface area contributed by atoms with Gasteiger partial charge in [0.2, 0.25) is 16.0 Å². The number of nitrogens with zero attached hydrogens (tertiary/aromatic N) is 3. The van der Waals surface area contributed by atoms with E-state index in [0.717, 1.165) is 22.2 Å². The maximum atomic E-state index is 11.3. The highest BCUT2D eigenvalue weighted by Gasteiger charge is 2.08. The van der Waals surface area contributed by atoms with E-state index in [1.807, 2.05) is 30.3 Å². The fourth-order valence-electron chi connectivity index (χ4n) is 2.65. The number of para-hydroxylation sites is 1. The molecule has 0 amide bonds. The summed E-state index contributed by atoms with van der Waals surface area (Å²) in [5.41, 5.74) is 3.18. The monoisotopic (exact) mass is 377 g/mol. The lowest BCUT2D eigenvalue weighted by molar-refractivity contribution is 0.598. The minimum absolute atomic E-state index is 0.0463. The number of rotatable bonds is 4. The van der Waals surface area contributed by atoms with Gasteiger partial charge in [-0.1, -0.05) is 18.2 Å². The molecule has 2 heterocycles. The highest BCUT2D eigenvalue weighted by molar-refractivity contribution is 7.89. The molecule has 0 spiro atoms. The van der Waals surface area contributed by atoms with E-state index in [1.165, 1.54) is 12.1 Å². The number of primary sulfonamides is 1. The summed E-state index contributed by atoms with van der Waals surface area (Å²) in [7, 11) is -3.72. The Hall–Kier alpha value is -3.36. The predicted octanol–water partition coefficient (Wildman–Crippen LogP) is 3.08. The second-order valence-electron chi connectivity index (χ2n) is 5.88. The number of hydrogen-bond acceptors (Lipinski definition) is 6. The molecule has 0 saturated carbocycles. The lowest BCUT2D eigenvalue weighted by Crippen LogP contribution is -2.11. The zero-order valence-electron chi connectivity index (χ0n) is 14.1. The Balaban J connectivity index is 1.62. The number of hydrogen-bond donors (Lipinski definition) is 2. The van der Waals surface area contributed by atoms with Gasteiger partial charge in [-0.25, -0.2) is 23.5 Å². The van der Waals surface area contributed by atoms with Crippen LogP contribution in [0.5, 0.6) is 0 Å². The van der Waals surface area contributed by atoms with Gasteiger partial charge in [0.25, 0.3) is 0 Å². The van der Waals surface area contributed by atoms with Crippen LogP contribution in [0.2, 0.25) is 0 Å². The van der Waals surface area contributed by atoms with Crippen LogP contribution in [0.15, 0.2) is 78.0 Å². The van der Waals surface area contributed by atoms with Crippen molar-refractivity contribution in [1.82, 2.24) is 15.0 Å². The zero-order chi connectivity index (χ0) is 18.9. The SMILES string of the molecule is NS(=O)(=O)c1ccc(Nc2nccc(-c3cnc4ccccc4c3)n2)cc1. The molecule has 8 heteroatoms. The Morgan fingerprint density at radius 2 is 1.70 bits per heavy atom. The third-order valence-corrected chi connectivity index (χ3v) is 4.91. The van der Waals surface area contributed by atoms with E-state index in [-0.39, 0.29) is 4.90 Å². The van der Waals surface area contributed by atoms with Crippen LogP contribution in [0.4, 0.5) is 11.6 Å². The molecule has 2 aromatic carbocycles. The van der Waals surface area contributed by atoms with Crippen molar-refractivity contribution < 1.29 is 8.42 Å². The van der Waals surface area contributed by atoms with Crippen molar-refractivity contribution >= 4 is 32.6 Å². The molecule has 134 valence electrons. The molecule has 0 aliphatic rings. The lowest BCUT2D eigenvalue weighted by Gasteiger charge is -2.08. The van der Waals surface area contributed by atoms with Crippen LogP contribution in [0.25, 0.3) is 22.2 Å². The van der Waals surface area contributed by atoms with E-state index in [0.29, 0.717) is 11.6 Å². The quantitative estimate of drug-likeness (QED) is 0.565. The first kappa shape index (κ1) is 17.1. The molecule has 0 atom stereocenters. The number of nitrogens with one attached hydrogen (secondary N) is 1. The average molecular weight is 377 g/mol. The second-order valence-corrected chi connectivity index (χ2v) is 7.44. The number of nitrogens with two attached hydrogens (primary N) is 1. The normalized spacial score (nSPS) is 11.4. The molecule has 4 aromatic rings. The molecule has 0 aliphatic heterocycles. The molecule has 0 bridgehead atoms. The number of pyridine rings is 1. The van der Waals surface area contributed by atoms with Gasteiger partial charge < -0.3 is 5.32 Å². The van der Waals surface area contributed by atoms with E-state index < -0.39 is 10.0 Å². The van der Waals surface area contributed by atoms with Crippen molar-refractivity contribution in [2.75, 3.05) is 5.32 Å². The van der Waals surface area contributed by atoms with Crippen LogP contribution in [0.1, 0.15) is 0 Å². The van der Waals surface area contributed by atoms with Crippen molar-refractivity contribution in [2.45, 2.75) is 4.90 Å². The van der Waals surface area contributed by atoms with Crippen LogP contribution >= 0.6 is 0 Å². The zero-order valence-corrected chi connectivity index (χ0v) is 14.9. The van der Waals surface area contributed by atoms with E-state index in [2.05, 4.69) is 20.3 Å². The molecule has 0 saturated heterocycles. The average Bonchev–Trinajstić information content (AvgIpc) is 2.67. The van der Waals surface area contributed by atoms with Crippen molar-refractivity contribution in [1.29, 1.82) is 0 Å². The fourth-order valence-corrected chi connectivity index (χ4v) is 3.16. The summed E-state index contributed by atoms with van der Waals surface area (Å²) in [6.45, 7) is 0. The molecule has 0 radical (unpaired) electrons. The van der Waals surface area contributed by atoms with Gasteiger partial charge in [0.15, 0.2) is 0 Å². The molecule has 3 N–H and O–H groups in total. The van der Waals surface area contributed by atoms with Gasteiger partial charge in [0.1, 0.15) is 0 Å². The number of anilines is 2. The predicted molar refractivity (Wildman–Crippen MR) is 104 cm³/mol. The highest BCUT2D eigenvalue weighted by atomic mass is 32.2. The summed E-state index contributed by atoms with van der Waals surface area (Å²) in [5.74, 6) is 0.393. The minimum atomic E-state index is -3.72. The van der Waals surface area contributed by atoms with Crippen LogP contribution < -0.4 is 10.5 Å². The third-order valence-electron chi connectivity index (χ3n) is 3.98. The number of aromatic nitrogens is 3. The van der Waals surface area contributed by atoms with Gasteiger partial charge in [-0.3, -0.25) is 4.98 Å². The van der Waals surface area contributed by atoms with E-state index in [9.17, 15) is 8.42 Å². The summed E-state index contributed by atoms with van der Waals surface area (Å²) in [4.78, 5) is 13.2. The fraction of sp³-hybridized carbons (Fsp3) is 0. The Bertz CT molecular complexity index is 1220. The summed E-state index contributed by atoms with van der Waals surface area (Å²) >= 11 is 0. The lowest BCUT2D eigenvalue weighted by atomic mass is 10.1.